The van der Waals surface area contributed by atoms with Gasteiger partial charge in [0.05, 0.1) is 5.52 Å². The van der Waals surface area contributed by atoms with Crippen LogP contribution in [0.3, 0.4) is 0 Å². The molecule has 0 fully saturated rings. The van der Waals surface area contributed by atoms with Crippen molar-refractivity contribution in [3.63, 3.8) is 0 Å². The Morgan fingerprint density at radius 3 is 2.91 bits per heavy atom. The molecule has 0 aromatic carbocycles. The predicted octanol–water partition coefficient (Wildman–Crippen LogP) is 2.77. The van der Waals surface area contributed by atoms with E-state index in [1.54, 1.807) is 0 Å². The summed E-state index contributed by atoms with van der Waals surface area (Å²) < 4.78 is 2.29. The Balaban J connectivity index is 2.96. The molecule has 0 aliphatic heterocycles. The Hall–Kier alpha value is 0.150. The molecule has 2 aromatic rings. The van der Waals surface area contributed by atoms with Crippen molar-refractivity contribution in [2.45, 2.75) is 0 Å². The van der Waals surface area contributed by atoms with Crippen LogP contribution >= 0.6 is 45.2 Å². The molecule has 0 bridgehead atoms. The average molecular weight is 370 g/mol. The smallest absolute Gasteiger partial charge is 0.111 e. The molecule has 0 amide bonds. The molecule has 2 heterocycles. The van der Waals surface area contributed by atoms with Gasteiger partial charge >= 0.3 is 0 Å². The molecule has 4 heteroatoms. The first-order chi connectivity index (χ1) is 5.29. The van der Waals surface area contributed by atoms with Crippen molar-refractivity contribution < 1.29 is 0 Å². The molecule has 0 saturated carbocycles. The SMILES string of the molecule is Ic1c[nH]c2ccnc(I)c12. The zero-order valence-electron chi connectivity index (χ0n) is 5.44. The number of H-pyrrole nitrogens is 1. The first kappa shape index (κ1) is 7.78. The van der Waals surface area contributed by atoms with Crippen molar-refractivity contribution in [1.29, 1.82) is 0 Å². The lowest BCUT2D eigenvalue weighted by Gasteiger charge is -1.91. The second-order valence-electron chi connectivity index (χ2n) is 2.16. The Morgan fingerprint density at radius 1 is 1.36 bits per heavy atom. The number of pyridine rings is 1. The fourth-order valence-corrected chi connectivity index (χ4v) is 2.96. The maximum Gasteiger partial charge on any atom is 0.111 e. The molecule has 2 aromatic heterocycles. The third-order valence-electron chi connectivity index (χ3n) is 1.50. The van der Waals surface area contributed by atoms with Gasteiger partial charge in [-0.3, -0.25) is 0 Å². The molecule has 0 atom stereocenters. The summed E-state index contributed by atoms with van der Waals surface area (Å²) in [5.74, 6) is 0. The van der Waals surface area contributed by atoms with E-state index >= 15 is 0 Å². The highest BCUT2D eigenvalue weighted by atomic mass is 127. The molecule has 0 radical (unpaired) electrons. The fraction of sp³-hybridized carbons (Fsp3) is 0. The summed E-state index contributed by atoms with van der Waals surface area (Å²) >= 11 is 4.55. The van der Waals surface area contributed by atoms with Crippen molar-refractivity contribution in [2.24, 2.45) is 0 Å². The number of halogens is 2. The number of aromatic amines is 1. The van der Waals surface area contributed by atoms with Crippen LogP contribution in [0.25, 0.3) is 10.9 Å². The summed E-state index contributed by atoms with van der Waals surface area (Å²) in [7, 11) is 0. The van der Waals surface area contributed by atoms with Crippen LogP contribution < -0.4 is 0 Å². The molecule has 0 aliphatic carbocycles. The van der Waals surface area contributed by atoms with Crippen molar-refractivity contribution >= 4 is 56.1 Å². The van der Waals surface area contributed by atoms with Crippen LogP contribution in [-0.2, 0) is 0 Å². The van der Waals surface area contributed by atoms with Gasteiger partial charge in [0, 0.05) is 21.4 Å². The van der Waals surface area contributed by atoms with Crippen LogP contribution in [-0.4, -0.2) is 9.97 Å². The predicted molar refractivity (Wildman–Crippen MR) is 61.5 cm³/mol. The summed E-state index contributed by atoms with van der Waals surface area (Å²) in [6, 6.07) is 1.99. The molecule has 0 aliphatic rings. The lowest BCUT2D eigenvalue weighted by molar-refractivity contribution is 1.31. The first-order valence-corrected chi connectivity index (χ1v) is 5.22. The first-order valence-electron chi connectivity index (χ1n) is 3.06. The topological polar surface area (TPSA) is 28.7 Å². The molecular formula is C7H4I2N2. The molecule has 0 spiro atoms. The number of hydrogen-bond donors (Lipinski definition) is 1. The van der Waals surface area contributed by atoms with Gasteiger partial charge in [0.15, 0.2) is 0 Å². The Morgan fingerprint density at radius 2 is 2.18 bits per heavy atom. The third-order valence-corrected chi connectivity index (χ3v) is 3.17. The molecule has 56 valence electrons. The van der Waals surface area contributed by atoms with Gasteiger partial charge in [0.2, 0.25) is 0 Å². The molecule has 0 unspecified atom stereocenters. The van der Waals surface area contributed by atoms with E-state index in [2.05, 4.69) is 55.1 Å². The maximum absolute atomic E-state index is 4.20. The molecule has 11 heavy (non-hydrogen) atoms. The Labute approximate surface area is 91.1 Å². The van der Waals surface area contributed by atoms with Crippen molar-refractivity contribution in [3.8, 4) is 0 Å². The van der Waals surface area contributed by atoms with Crippen molar-refractivity contribution in [1.82, 2.24) is 9.97 Å². The van der Waals surface area contributed by atoms with Gasteiger partial charge in [-0.05, 0) is 51.2 Å². The van der Waals surface area contributed by atoms with Crippen LogP contribution in [0.15, 0.2) is 18.5 Å². The van der Waals surface area contributed by atoms with Crippen LogP contribution in [0.5, 0.6) is 0 Å². The Kier molecular flexibility index (Phi) is 2.04. The van der Waals surface area contributed by atoms with Crippen molar-refractivity contribution in [3.05, 3.63) is 25.7 Å². The summed E-state index contributed by atoms with van der Waals surface area (Å²) in [5.41, 5.74) is 1.16. The van der Waals surface area contributed by atoms with E-state index in [1.165, 1.54) is 8.96 Å². The van der Waals surface area contributed by atoms with Gasteiger partial charge < -0.3 is 4.98 Å². The van der Waals surface area contributed by atoms with Gasteiger partial charge in [-0.1, -0.05) is 0 Å². The molecule has 2 nitrogen and oxygen atoms in total. The van der Waals surface area contributed by atoms with E-state index in [0.29, 0.717) is 0 Å². The van der Waals surface area contributed by atoms with E-state index in [0.717, 1.165) is 9.22 Å². The Bertz CT molecular complexity index is 394. The minimum atomic E-state index is 1.06. The summed E-state index contributed by atoms with van der Waals surface area (Å²) in [6.45, 7) is 0. The highest BCUT2D eigenvalue weighted by Crippen LogP contribution is 2.22. The lowest BCUT2D eigenvalue weighted by atomic mass is 10.3. The minimum absolute atomic E-state index is 1.06. The molecule has 0 saturated heterocycles. The van der Waals surface area contributed by atoms with Crippen LogP contribution in [0.1, 0.15) is 0 Å². The normalized spacial score (nSPS) is 10.7. The second kappa shape index (κ2) is 2.89. The third kappa shape index (κ3) is 1.26. The highest BCUT2D eigenvalue weighted by molar-refractivity contribution is 14.1. The largest absolute Gasteiger partial charge is 0.360 e. The fourth-order valence-electron chi connectivity index (χ4n) is 0.997. The number of nitrogens with zero attached hydrogens (tertiary/aromatic N) is 1. The molecule has 1 N–H and O–H groups in total. The lowest BCUT2D eigenvalue weighted by Crippen LogP contribution is -1.80. The average Bonchev–Trinajstić information content (AvgIpc) is 2.34. The monoisotopic (exact) mass is 370 g/mol. The number of aromatic nitrogens is 2. The van der Waals surface area contributed by atoms with E-state index in [9.17, 15) is 0 Å². The number of nitrogens with one attached hydrogen (secondary N) is 1. The van der Waals surface area contributed by atoms with E-state index in [4.69, 9.17) is 0 Å². The highest BCUT2D eigenvalue weighted by Gasteiger charge is 2.03. The zero-order valence-corrected chi connectivity index (χ0v) is 9.75. The molecule has 2 rings (SSSR count). The number of hydrogen-bond acceptors (Lipinski definition) is 1. The van der Waals surface area contributed by atoms with Crippen LogP contribution in [0.4, 0.5) is 0 Å². The zero-order chi connectivity index (χ0) is 7.84. The van der Waals surface area contributed by atoms with Gasteiger partial charge in [-0.15, -0.1) is 0 Å². The summed E-state index contributed by atoms with van der Waals surface area (Å²) in [6.07, 6.45) is 3.81. The summed E-state index contributed by atoms with van der Waals surface area (Å²) in [4.78, 5) is 7.38. The summed E-state index contributed by atoms with van der Waals surface area (Å²) in [5, 5.41) is 1.23. The van der Waals surface area contributed by atoms with E-state index < -0.39 is 0 Å². The van der Waals surface area contributed by atoms with Crippen molar-refractivity contribution in [2.75, 3.05) is 0 Å². The minimum Gasteiger partial charge on any atom is -0.360 e. The van der Waals surface area contributed by atoms with Crippen LogP contribution in [0.2, 0.25) is 0 Å². The van der Waals surface area contributed by atoms with E-state index in [1.807, 2.05) is 18.5 Å². The standard InChI is InChI=1S/C7H4I2N2/c8-4-3-11-5-1-2-10-7(9)6(4)5/h1-3,11H. The number of fused-ring (bicyclic) bond motifs is 1. The van der Waals surface area contributed by atoms with Crippen LogP contribution in [0, 0.1) is 7.27 Å². The van der Waals surface area contributed by atoms with Gasteiger partial charge in [0.25, 0.3) is 0 Å². The van der Waals surface area contributed by atoms with E-state index in [-0.39, 0.29) is 0 Å². The molecular weight excluding hydrogens is 366 g/mol. The van der Waals surface area contributed by atoms with Gasteiger partial charge in [0.1, 0.15) is 3.70 Å². The number of rotatable bonds is 0. The quantitative estimate of drug-likeness (QED) is 0.561. The second-order valence-corrected chi connectivity index (χ2v) is 4.34. The maximum atomic E-state index is 4.20. The van der Waals surface area contributed by atoms with Gasteiger partial charge in [-0.25, -0.2) is 4.98 Å². The van der Waals surface area contributed by atoms with Gasteiger partial charge in [-0.2, -0.15) is 0 Å².